The predicted octanol–water partition coefficient (Wildman–Crippen LogP) is 19.2. The van der Waals surface area contributed by atoms with Crippen LogP contribution in [0.5, 0.6) is 11.5 Å². The number of ether oxygens (including phenoxy) is 11. The van der Waals surface area contributed by atoms with Crippen LogP contribution in [0.2, 0.25) is 0 Å². The number of halogens is 8. The molecule has 1 N–H and O–H groups in total. The zero-order valence-electron chi connectivity index (χ0n) is 63.4. The van der Waals surface area contributed by atoms with Crippen LogP contribution in [0.25, 0.3) is 23.2 Å². The first-order valence-electron chi connectivity index (χ1n) is 34.7. The number of aryl methyl sites for hydroxylation is 2. The van der Waals surface area contributed by atoms with Crippen LogP contribution in [0, 0.1) is 13.8 Å². The molecule has 0 saturated heterocycles. The van der Waals surface area contributed by atoms with Gasteiger partial charge in [-0.1, -0.05) is 84.9 Å². The third kappa shape index (κ3) is 26.0. The van der Waals surface area contributed by atoms with Gasteiger partial charge in [0.05, 0.1) is 77.4 Å². The van der Waals surface area contributed by atoms with E-state index < -0.39 is 109 Å². The summed E-state index contributed by atoms with van der Waals surface area (Å²) in [5.41, 5.74) is -6.01. The van der Waals surface area contributed by atoms with Gasteiger partial charge in [-0.2, -0.15) is 31.2 Å². The van der Waals surface area contributed by atoms with Crippen LogP contribution in [0.15, 0.2) is 139 Å². The lowest BCUT2D eigenvalue weighted by Gasteiger charge is -2.32. The number of imide groups is 1. The molecule has 592 valence electrons. The summed E-state index contributed by atoms with van der Waals surface area (Å²) in [6, 6.07) is 34.5. The van der Waals surface area contributed by atoms with E-state index in [1.165, 1.54) is 6.07 Å². The highest BCUT2D eigenvalue weighted by Crippen LogP contribution is 2.47. The number of amides is 3. The van der Waals surface area contributed by atoms with Crippen molar-refractivity contribution in [2.75, 3.05) is 50.9 Å². The molecular formula is C77H92Br2F6N8O16. The summed E-state index contributed by atoms with van der Waals surface area (Å²) in [4.78, 5) is 49.2. The number of alkyl halides is 6. The molecule has 8 rings (SSSR count). The first-order chi connectivity index (χ1) is 51.2. The van der Waals surface area contributed by atoms with Crippen LogP contribution in [0.4, 0.5) is 52.1 Å². The molecule has 109 heavy (non-hydrogen) atoms. The van der Waals surface area contributed by atoms with Crippen molar-refractivity contribution in [3.05, 3.63) is 176 Å². The molecular weight excluding hydrogens is 1570 g/mol. The van der Waals surface area contributed by atoms with Crippen LogP contribution < -0.4 is 19.7 Å². The van der Waals surface area contributed by atoms with E-state index in [9.17, 15) is 14.4 Å². The largest absolute Gasteiger partial charge is 0.497 e. The molecule has 0 fully saturated rings. The second-order valence-corrected chi connectivity index (χ2v) is 29.7. The van der Waals surface area contributed by atoms with E-state index in [2.05, 4.69) is 67.5 Å². The number of carbonyl (C=O) groups excluding carboxylic acids is 3. The number of methoxy groups -OCH3 is 2. The summed E-state index contributed by atoms with van der Waals surface area (Å²) in [6.07, 6.45) is -11.9. The zero-order chi connectivity index (χ0) is 80.1. The van der Waals surface area contributed by atoms with E-state index in [0.717, 1.165) is 22.6 Å². The summed E-state index contributed by atoms with van der Waals surface area (Å²) in [6.45, 7) is 19.4. The zero-order valence-corrected chi connectivity index (χ0v) is 66.5. The maximum atomic E-state index is 15.5. The van der Waals surface area contributed by atoms with E-state index in [1.807, 2.05) is 62.4 Å². The molecule has 3 amide bonds. The van der Waals surface area contributed by atoms with Crippen LogP contribution >= 0.6 is 31.9 Å². The number of rotatable bonds is 32. The Kier molecular flexibility index (Phi) is 31.2. The molecule has 0 aliphatic carbocycles. The van der Waals surface area contributed by atoms with Crippen molar-refractivity contribution in [2.24, 2.45) is 0 Å². The highest BCUT2D eigenvalue weighted by atomic mass is 79.9. The second kappa shape index (κ2) is 38.8. The van der Waals surface area contributed by atoms with Gasteiger partial charge in [0.15, 0.2) is 11.4 Å². The van der Waals surface area contributed by atoms with Crippen molar-refractivity contribution in [3.8, 4) is 34.7 Å². The summed E-state index contributed by atoms with van der Waals surface area (Å²) >= 11 is 6.65. The highest BCUT2D eigenvalue weighted by Gasteiger charge is 2.63. The van der Waals surface area contributed by atoms with Crippen LogP contribution in [-0.2, 0) is 80.3 Å². The number of hydrogen-bond donors (Lipinski definition) is 1. The Morgan fingerprint density at radius 3 is 1.27 bits per heavy atom. The number of anilines is 2. The fraction of sp³-hybridized carbons (Fsp3) is 0.468. The van der Waals surface area contributed by atoms with E-state index in [4.69, 9.17) is 60.9 Å². The number of carbonyl (C=O) groups is 3. The Hall–Kier alpha value is -8.63. The van der Waals surface area contributed by atoms with Crippen LogP contribution in [0.3, 0.4) is 0 Å². The lowest BCUT2D eigenvalue weighted by atomic mass is 10.0. The van der Waals surface area contributed by atoms with Crippen LogP contribution in [-0.4, -0.2) is 131 Å². The predicted molar refractivity (Wildman–Crippen MR) is 397 cm³/mol. The minimum absolute atomic E-state index is 0.0276. The topological polar surface area (TPSA) is 272 Å². The van der Waals surface area contributed by atoms with Crippen molar-refractivity contribution in [2.45, 2.75) is 195 Å². The average Bonchev–Trinajstić information content (AvgIpc) is 1.71. The van der Waals surface area contributed by atoms with Gasteiger partial charge >= 0.3 is 30.6 Å². The first kappa shape index (κ1) is 87.6. The van der Waals surface area contributed by atoms with Crippen molar-refractivity contribution in [3.63, 3.8) is 0 Å². The SMILES string of the molecule is COc1ccc(CO[C@@H](C)CCCOCC(OCc2ccccc2)(c2nnc(-c3nc(Br)c(C)cc3N(C(=O)OC(C)(C)C)C(=O)OC(C)(C)C)o2)C(F)(F)F)cc1.COc1ccc(CO[C@@H](C)CCCOCC(OCc2ccccc2)(c2nnc(-c3nc(Br)c(C)cc3NC(=O)OC(C)(C)C)o2)C(F)(F)F)cc1. The van der Waals surface area contributed by atoms with Gasteiger partial charge in [0, 0.05) is 13.2 Å². The summed E-state index contributed by atoms with van der Waals surface area (Å²) in [5, 5.41) is 18.0. The minimum atomic E-state index is -5.15. The molecule has 0 bridgehead atoms. The molecule has 4 heterocycles. The van der Waals surface area contributed by atoms with Crippen molar-refractivity contribution in [1.82, 2.24) is 30.4 Å². The normalized spacial score (nSPS) is 13.8. The Labute approximate surface area is 646 Å². The van der Waals surface area contributed by atoms with Gasteiger partial charge in [0.25, 0.3) is 34.8 Å². The number of pyridine rings is 2. The smallest absolute Gasteiger partial charge is 0.428 e. The minimum Gasteiger partial charge on any atom is -0.497 e. The summed E-state index contributed by atoms with van der Waals surface area (Å²) in [7, 11) is 3.17. The molecule has 4 atom stereocenters. The Balaban J connectivity index is 0.000000306. The van der Waals surface area contributed by atoms with E-state index >= 15 is 26.3 Å². The van der Waals surface area contributed by atoms with Gasteiger partial charge in [0.1, 0.15) is 37.5 Å². The molecule has 24 nitrogen and oxygen atoms in total. The fourth-order valence-corrected chi connectivity index (χ4v) is 10.5. The number of benzene rings is 4. The molecule has 0 saturated carbocycles. The Morgan fingerprint density at radius 1 is 0.505 bits per heavy atom. The maximum Gasteiger partial charge on any atom is 0.428 e. The van der Waals surface area contributed by atoms with Gasteiger partial charge in [-0.15, -0.1) is 20.4 Å². The first-order valence-corrected chi connectivity index (χ1v) is 36.2. The summed E-state index contributed by atoms with van der Waals surface area (Å²) in [5.74, 6) is -1.38. The Bertz CT molecular complexity index is 4190. The fourth-order valence-electron chi connectivity index (χ4n) is 9.94. The maximum absolute atomic E-state index is 15.5. The number of nitrogens with one attached hydrogen (secondary N) is 1. The van der Waals surface area contributed by atoms with Gasteiger partial charge < -0.3 is 60.9 Å². The lowest BCUT2D eigenvalue weighted by molar-refractivity contribution is -0.311. The van der Waals surface area contributed by atoms with Gasteiger partial charge in [-0.05, 0) is 217 Å². The average molecular weight is 1660 g/mol. The molecule has 0 spiro atoms. The second-order valence-electron chi connectivity index (χ2n) is 28.2. The van der Waals surface area contributed by atoms with Crippen molar-refractivity contribution >= 4 is 61.5 Å². The summed E-state index contributed by atoms with van der Waals surface area (Å²) < 4.78 is 165. The van der Waals surface area contributed by atoms with Crippen LogP contribution in [0.1, 0.15) is 147 Å². The third-order valence-electron chi connectivity index (χ3n) is 15.6. The molecule has 0 aliphatic heterocycles. The molecule has 8 aromatic rings. The number of aromatic nitrogens is 6. The standard InChI is InChI=1S/C41H50BrF3N4O9.C36H42BrF3N4O7/c1-26-22-31(49(36(50)57-38(3,4)5)37(51)58-39(6,7)8)32(46-33(26)42)34-47-48-35(56-34)40(41(43,44)45,55-24-28-15-11-10-12-16-28)25-53-21-13-14-27(2)54-23-29-17-19-30(52-9)20-18-29;1-23-19-28(41-33(45)51-34(3,4)5)29(42-30(23)37)31-43-44-32(50-31)35(36(38,39)40,49-21-25-12-8-7-9-13-25)22-47-18-10-11-24(2)48-20-26-14-16-27(46-6)17-15-26/h10-12,15-20,22,27H,13-14,21,23-25H2,1-9H3;7-9,12-17,19,24H,10-11,18,20-22H2,1-6H3,(H,41,45)/t27-,40?;24-,35?/m00/s1. The molecule has 4 aromatic carbocycles. The van der Waals surface area contributed by atoms with E-state index in [1.54, 1.807) is 157 Å². The molecule has 32 heteroatoms. The van der Waals surface area contributed by atoms with Gasteiger partial charge in [0.2, 0.25) is 0 Å². The van der Waals surface area contributed by atoms with E-state index in [0.29, 0.717) is 70.7 Å². The van der Waals surface area contributed by atoms with Gasteiger partial charge in [-0.3, -0.25) is 5.32 Å². The van der Waals surface area contributed by atoms with Crippen molar-refractivity contribution < 1.29 is 102 Å². The number of hydrogen-bond acceptors (Lipinski definition) is 22. The quantitative estimate of drug-likeness (QED) is 0.0178. The highest BCUT2D eigenvalue weighted by molar-refractivity contribution is 9.10. The molecule has 0 aliphatic rings. The molecule has 4 aromatic heterocycles. The lowest BCUT2D eigenvalue weighted by Crippen LogP contribution is -2.49. The van der Waals surface area contributed by atoms with E-state index in [-0.39, 0.29) is 52.8 Å². The molecule has 0 radical (unpaired) electrons. The van der Waals surface area contributed by atoms with Gasteiger partial charge in [-0.25, -0.2) is 24.4 Å². The molecule has 2 unspecified atom stereocenters. The number of nitrogens with zero attached hydrogens (tertiary/aromatic N) is 7. The van der Waals surface area contributed by atoms with Crippen molar-refractivity contribution in [1.29, 1.82) is 0 Å². The Morgan fingerprint density at radius 2 is 0.881 bits per heavy atom. The third-order valence-corrected chi connectivity index (χ3v) is 17.2. The monoisotopic (exact) mass is 1660 g/mol.